The van der Waals surface area contributed by atoms with Gasteiger partial charge >= 0.3 is 6.09 Å². The van der Waals surface area contributed by atoms with Crippen LogP contribution in [0.2, 0.25) is 0 Å². The molecule has 3 rings (SSSR count). The predicted molar refractivity (Wildman–Crippen MR) is 84.7 cm³/mol. The first-order valence-electron chi connectivity index (χ1n) is 7.06. The molecule has 2 N–H and O–H groups in total. The van der Waals surface area contributed by atoms with Crippen molar-refractivity contribution in [2.45, 2.75) is 19.6 Å². The summed E-state index contributed by atoms with van der Waals surface area (Å²) < 4.78 is 8.31. The maximum atomic E-state index is 11.9. The van der Waals surface area contributed by atoms with E-state index in [9.17, 15) is 4.79 Å². The number of amides is 1. The van der Waals surface area contributed by atoms with Gasteiger partial charge in [0.2, 0.25) is 4.80 Å². The molecule has 0 spiro atoms. The Labute approximate surface area is 131 Å². The highest BCUT2D eigenvalue weighted by molar-refractivity contribution is 7.16. The molecule has 1 aromatic heterocycles. The van der Waals surface area contributed by atoms with Crippen LogP contribution in [0.5, 0.6) is 0 Å². The second-order valence-electron chi connectivity index (χ2n) is 4.91. The Morgan fingerprint density at radius 3 is 3.00 bits per heavy atom. The highest BCUT2D eigenvalue weighted by atomic mass is 32.1. The van der Waals surface area contributed by atoms with Crippen molar-refractivity contribution < 1.29 is 14.4 Å². The number of rotatable bonds is 4. The molecule has 1 atom stereocenters. The summed E-state index contributed by atoms with van der Waals surface area (Å²) in [6, 6.07) is 5.88. The number of carbonyl (C=O) groups excluding carboxylic acids is 1. The quantitative estimate of drug-likeness (QED) is 0.864. The molecule has 1 aliphatic heterocycles. The second-order valence-corrected chi connectivity index (χ2v) is 5.92. The van der Waals surface area contributed by atoms with E-state index in [1.807, 2.05) is 18.2 Å². The van der Waals surface area contributed by atoms with E-state index >= 15 is 0 Å². The van der Waals surface area contributed by atoms with Crippen LogP contribution in [0.1, 0.15) is 6.92 Å². The zero-order valence-corrected chi connectivity index (χ0v) is 13.3. The summed E-state index contributed by atoms with van der Waals surface area (Å²) in [5, 5.41) is 4.04. The topological polar surface area (TPSA) is 82.1 Å². The number of fused-ring (bicyclic) bond motifs is 1. The molecule has 0 radical (unpaired) electrons. The fourth-order valence-electron chi connectivity index (χ4n) is 2.54. The molecule has 0 bridgehead atoms. The molecule has 7 nitrogen and oxygen atoms in total. The number of anilines is 1. The number of thiazole rings is 1. The van der Waals surface area contributed by atoms with Crippen LogP contribution in [0.25, 0.3) is 10.2 Å². The first-order valence-corrected chi connectivity index (χ1v) is 7.88. The van der Waals surface area contributed by atoms with E-state index < -0.39 is 0 Å². The first-order chi connectivity index (χ1) is 10.7. The van der Waals surface area contributed by atoms with Crippen LogP contribution in [0.15, 0.2) is 23.4 Å². The largest absolute Gasteiger partial charge is 0.443 e. The van der Waals surface area contributed by atoms with Crippen LogP contribution in [-0.4, -0.2) is 37.0 Å². The molecule has 8 heteroatoms. The Bertz CT molecular complexity index is 767. The van der Waals surface area contributed by atoms with Gasteiger partial charge in [-0.05, 0) is 25.1 Å². The van der Waals surface area contributed by atoms with Gasteiger partial charge in [-0.1, -0.05) is 16.5 Å². The molecule has 1 aromatic carbocycles. The fourth-order valence-corrected chi connectivity index (χ4v) is 3.65. The van der Waals surface area contributed by atoms with Gasteiger partial charge < -0.3 is 19.9 Å². The Morgan fingerprint density at radius 1 is 1.55 bits per heavy atom. The number of hydrogen-bond acceptors (Lipinski definition) is 6. The fraction of sp³-hybridized carbons (Fsp3) is 0.429. The van der Waals surface area contributed by atoms with Crippen molar-refractivity contribution in [2.75, 3.05) is 25.1 Å². The molecule has 2 aromatic rings. The Balaban J connectivity index is 2.04. The van der Waals surface area contributed by atoms with Gasteiger partial charge in [-0.25, -0.2) is 4.79 Å². The van der Waals surface area contributed by atoms with Crippen molar-refractivity contribution in [2.24, 2.45) is 10.9 Å². The highest BCUT2D eigenvalue weighted by Crippen LogP contribution is 2.27. The van der Waals surface area contributed by atoms with E-state index in [0.717, 1.165) is 27.3 Å². The van der Waals surface area contributed by atoms with Crippen LogP contribution in [-0.2, 0) is 16.1 Å². The van der Waals surface area contributed by atoms with Crippen LogP contribution in [0, 0.1) is 0 Å². The van der Waals surface area contributed by atoms with E-state index in [4.69, 9.17) is 15.3 Å². The molecule has 1 fully saturated rings. The molecule has 1 aliphatic rings. The predicted octanol–water partition coefficient (Wildman–Crippen LogP) is 1.47. The smallest absolute Gasteiger partial charge is 0.414 e. The van der Waals surface area contributed by atoms with Gasteiger partial charge in [-0.2, -0.15) is 0 Å². The van der Waals surface area contributed by atoms with Crippen LogP contribution in [0.3, 0.4) is 0 Å². The lowest BCUT2D eigenvalue weighted by Gasteiger charge is -2.13. The average molecular weight is 322 g/mol. The third kappa shape index (κ3) is 2.44. The van der Waals surface area contributed by atoms with Gasteiger partial charge in [-0.15, -0.1) is 0 Å². The van der Waals surface area contributed by atoms with Gasteiger partial charge in [0.05, 0.1) is 16.8 Å². The van der Waals surface area contributed by atoms with E-state index in [2.05, 4.69) is 16.6 Å². The number of hydrogen-bond donors (Lipinski definition) is 1. The number of aryl methyl sites for hydroxylation is 1. The van der Waals surface area contributed by atoms with E-state index in [-0.39, 0.29) is 12.2 Å². The summed E-state index contributed by atoms with van der Waals surface area (Å²) in [6.07, 6.45) is -0.595. The molecule has 1 saturated heterocycles. The van der Waals surface area contributed by atoms with Gasteiger partial charge in [0, 0.05) is 18.8 Å². The summed E-state index contributed by atoms with van der Waals surface area (Å²) in [4.78, 5) is 19.2. The SMILES string of the molecule is CCn1c(=NOC)sc2cc(N3C[C@@H](CN)OC3=O)ccc21. The molecule has 0 aliphatic carbocycles. The third-order valence-electron chi connectivity index (χ3n) is 3.60. The highest BCUT2D eigenvalue weighted by Gasteiger charge is 2.31. The van der Waals surface area contributed by atoms with Gasteiger partial charge in [0.15, 0.2) is 0 Å². The lowest BCUT2D eigenvalue weighted by atomic mass is 10.2. The summed E-state index contributed by atoms with van der Waals surface area (Å²) in [7, 11) is 1.53. The van der Waals surface area contributed by atoms with E-state index in [1.165, 1.54) is 18.4 Å². The standard InChI is InChI=1S/C14H18N4O3S/c1-3-17-11-5-4-9(6-12(11)22-13(17)16-20-2)18-8-10(7-15)21-14(18)19/h4-6,10H,3,7-8,15H2,1-2H3/t10-/m1/s1. The van der Waals surface area contributed by atoms with Crippen molar-refractivity contribution in [1.29, 1.82) is 0 Å². The van der Waals surface area contributed by atoms with Crippen molar-refractivity contribution in [1.82, 2.24) is 4.57 Å². The lowest BCUT2D eigenvalue weighted by Crippen LogP contribution is -2.27. The van der Waals surface area contributed by atoms with Crippen molar-refractivity contribution in [3.05, 3.63) is 23.0 Å². The number of cyclic esters (lactones) is 1. The molecular formula is C14H18N4O3S. The molecule has 118 valence electrons. The lowest BCUT2D eigenvalue weighted by molar-refractivity contribution is 0.145. The zero-order valence-electron chi connectivity index (χ0n) is 12.5. The first kappa shape index (κ1) is 14.9. The maximum absolute atomic E-state index is 11.9. The van der Waals surface area contributed by atoms with Crippen LogP contribution in [0.4, 0.5) is 10.5 Å². The van der Waals surface area contributed by atoms with Gasteiger partial charge in [-0.3, -0.25) is 4.90 Å². The molecule has 1 amide bonds. The summed E-state index contributed by atoms with van der Waals surface area (Å²) in [6.45, 7) is 3.66. The monoisotopic (exact) mass is 322 g/mol. The molecular weight excluding hydrogens is 304 g/mol. The number of nitrogens with zero attached hydrogens (tertiary/aromatic N) is 3. The van der Waals surface area contributed by atoms with Crippen molar-refractivity contribution in [3.8, 4) is 0 Å². The van der Waals surface area contributed by atoms with Gasteiger partial charge in [0.25, 0.3) is 0 Å². The third-order valence-corrected chi connectivity index (χ3v) is 4.62. The average Bonchev–Trinajstić information content (AvgIpc) is 3.06. The second kappa shape index (κ2) is 5.98. The van der Waals surface area contributed by atoms with Crippen LogP contribution >= 0.6 is 11.3 Å². The summed E-state index contributed by atoms with van der Waals surface area (Å²) in [5.74, 6) is 0. The van der Waals surface area contributed by atoms with Gasteiger partial charge in [0.1, 0.15) is 13.2 Å². The molecule has 22 heavy (non-hydrogen) atoms. The Morgan fingerprint density at radius 2 is 2.36 bits per heavy atom. The minimum Gasteiger partial charge on any atom is -0.443 e. The van der Waals surface area contributed by atoms with E-state index in [0.29, 0.717) is 13.1 Å². The number of ether oxygens (including phenoxy) is 1. The number of nitrogens with two attached hydrogens (primary N) is 1. The molecule has 0 saturated carbocycles. The minimum atomic E-state index is -0.350. The molecule has 0 unspecified atom stereocenters. The van der Waals surface area contributed by atoms with Crippen molar-refractivity contribution >= 4 is 33.3 Å². The Hall–Kier alpha value is -2.06. The number of carbonyl (C=O) groups is 1. The molecule has 2 heterocycles. The summed E-state index contributed by atoms with van der Waals surface area (Å²) >= 11 is 1.52. The normalized spacial score (nSPS) is 19.0. The van der Waals surface area contributed by atoms with Crippen LogP contribution < -0.4 is 15.4 Å². The maximum Gasteiger partial charge on any atom is 0.414 e. The minimum absolute atomic E-state index is 0.244. The number of aromatic nitrogens is 1. The Kier molecular flexibility index (Phi) is 4.04. The number of benzene rings is 1. The summed E-state index contributed by atoms with van der Waals surface area (Å²) in [5.41, 5.74) is 7.44. The van der Waals surface area contributed by atoms with Crippen molar-refractivity contribution in [3.63, 3.8) is 0 Å². The van der Waals surface area contributed by atoms with E-state index in [1.54, 1.807) is 4.90 Å². The zero-order chi connectivity index (χ0) is 15.7.